The van der Waals surface area contributed by atoms with Crippen molar-refractivity contribution < 1.29 is 9.53 Å². The van der Waals surface area contributed by atoms with E-state index in [1.165, 1.54) is 34.5 Å². The minimum Gasteiger partial charge on any atom is -0.378 e. The van der Waals surface area contributed by atoms with Crippen LogP contribution in [0.5, 0.6) is 0 Å². The van der Waals surface area contributed by atoms with Crippen molar-refractivity contribution in [3.8, 4) is 22.4 Å². The number of Topliss-reactive ketones (excluding diaryl/α,β-unsaturated/α-hetero) is 1. The van der Waals surface area contributed by atoms with Crippen LogP contribution in [0.15, 0.2) is 42.6 Å². The number of carbonyl (C=O) groups excluding carboxylic acids is 1. The first-order chi connectivity index (χ1) is 19.3. The lowest BCUT2D eigenvalue weighted by molar-refractivity contribution is 0.0918. The first-order valence-electron chi connectivity index (χ1n) is 14.9. The maximum atomic E-state index is 13.3. The maximum absolute atomic E-state index is 13.3. The van der Waals surface area contributed by atoms with E-state index in [2.05, 4.69) is 60.0 Å². The van der Waals surface area contributed by atoms with E-state index in [1.54, 1.807) is 11.3 Å². The maximum Gasteiger partial charge on any atom is 0.173 e. The molecule has 7 heteroatoms. The molecule has 0 amide bonds. The van der Waals surface area contributed by atoms with E-state index >= 15 is 0 Å². The van der Waals surface area contributed by atoms with Gasteiger partial charge in [-0.1, -0.05) is 32.0 Å². The number of ketones is 1. The van der Waals surface area contributed by atoms with Crippen molar-refractivity contribution in [2.75, 3.05) is 31.2 Å². The molecular weight excluding hydrogens is 516 g/mol. The summed E-state index contributed by atoms with van der Waals surface area (Å²) < 4.78 is 5.66. The number of benzene rings is 1. The summed E-state index contributed by atoms with van der Waals surface area (Å²) in [5, 5.41) is 1.21. The summed E-state index contributed by atoms with van der Waals surface area (Å²) >= 11 is 1.69. The lowest BCUT2D eigenvalue weighted by Gasteiger charge is -2.37. The molecule has 1 aliphatic carbocycles. The third-order valence-corrected chi connectivity index (χ3v) is 10.7. The number of thiophene rings is 1. The number of nitrogens with two attached hydrogens (primary N) is 1. The Kier molecular flexibility index (Phi) is 6.82. The van der Waals surface area contributed by atoms with E-state index in [1.807, 2.05) is 6.20 Å². The summed E-state index contributed by atoms with van der Waals surface area (Å²) in [7, 11) is 0. The Morgan fingerprint density at radius 3 is 2.60 bits per heavy atom. The van der Waals surface area contributed by atoms with Gasteiger partial charge < -0.3 is 15.4 Å². The molecule has 3 fully saturated rings. The van der Waals surface area contributed by atoms with E-state index in [0.717, 1.165) is 73.8 Å². The highest BCUT2D eigenvalue weighted by molar-refractivity contribution is 7.19. The molecule has 0 saturated carbocycles. The molecule has 5 heterocycles. The highest BCUT2D eigenvalue weighted by Crippen LogP contribution is 2.50. The first kappa shape index (κ1) is 26.3. The first-order valence-corrected chi connectivity index (χ1v) is 15.7. The largest absolute Gasteiger partial charge is 0.378 e. The zero-order chi connectivity index (χ0) is 27.4. The number of carbonyl (C=O) groups is 1. The van der Waals surface area contributed by atoms with E-state index in [-0.39, 0.29) is 11.2 Å². The number of ether oxygens (including phenoxy) is 1. The van der Waals surface area contributed by atoms with Crippen LogP contribution in [-0.4, -0.2) is 60.1 Å². The zero-order valence-electron chi connectivity index (χ0n) is 23.7. The Bertz CT molecular complexity index is 1410. The Hall–Kier alpha value is -2.58. The SMILES string of the molecule is CC1(C)CC(=O)c2sc(N3CCOCC3)c(-c3ccnc(-c4cccc(CN5[C@@H]6CC[C@H]5CC(N)C6)c4)c3)c2C1. The van der Waals surface area contributed by atoms with Crippen molar-refractivity contribution in [3.63, 3.8) is 0 Å². The van der Waals surface area contributed by atoms with Crippen molar-refractivity contribution in [2.24, 2.45) is 11.1 Å². The van der Waals surface area contributed by atoms with Crippen LogP contribution in [0.4, 0.5) is 5.00 Å². The van der Waals surface area contributed by atoms with E-state index in [0.29, 0.717) is 24.5 Å². The molecule has 3 aromatic rings. The van der Waals surface area contributed by atoms with Crippen molar-refractivity contribution in [2.45, 2.75) is 77.0 Å². The number of morpholine rings is 1. The summed E-state index contributed by atoms with van der Waals surface area (Å²) in [5.41, 5.74) is 13.4. The number of nitrogens with zero attached hydrogens (tertiary/aromatic N) is 3. The van der Waals surface area contributed by atoms with Gasteiger partial charge in [-0.2, -0.15) is 0 Å². The summed E-state index contributed by atoms with van der Waals surface area (Å²) in [5.74, 6) is 0.284. The molecule has 40 heavy (non-hydrogen) atoms. The van der Waals surface area contributed by atoms with Gasteiger partial charge in [0.15, 0.2) is 5.78 Å². The molecule has 1 unspecified atom stereocenters. The standard InChI is InChI=1S/C33H40N4O2S/c1-33(2)18-27-30(32(36-10-12-39-13-11-36)40-31(27)29(38)19-33)23-8-9-35-28(15-23)22-5-3-4-21(14-22)20-37-25-6-7-26(37)17-24(34)16-25/h3-5,8-9,14-15,24-26H,6-7,10-13,16-20,34H2,1-2H3/t24?,25-,26+. The van der Waals surface area contributed by atoms with Crippen LogP contribution in [0, 0.1) is 5.41 Å². The van der Waals surface area contributed by atoms with E-state index in [9.17, 15) is 4.79 Å². The summed E-state index contributed by atoms with van der Waals surface area (Å²) in [6.07, 6.45) is 8.26. The van der Waals surface area contributed by atoms with E-state index in [4.69, 9.17) is 15.5 Å². The van der Waals surface area contributed by atoms with Crippen LogP contribution in [0.1, 0.15) is 66.8 Å². The minimum atomic E-state index is -0.0375. The number of fused-ring (bicyclic) bond motifs is 3. The molecule has 7 rings (SSSR count). The zero-order valence-corrected chi connectivity index (χ0v) is 24.5. The Balaban J connectivity index is 1.24. The van der Waals surface area contributed by atoms with Crippen molar-refractivity contribution in [1.82, 2.24) is 9.88 Å². The third kappa shape index (κ3) is 4.91. The van der Waals surface area contributed by atoms with Gasteiger partial charge in [0.2, 0.25) is 0 Å². The molecule has 3 saturated heterocycles. The predicted octanol–water partition coefficient (Wildman–Crippen LogP) is 5.92. The molecule has 6 nitrogen and oxygen atoms in total. The summed E-state index contributed by atoms with van der Waals surface area (Å²) in [4.78, 5) is 24.2. The van der Waals surface area contributed by atoms with Gasteiger partial charge in [-0.15, -0.1) is 11.3 Å². The number of hydrogen-bond acceptors (Lipinski definition) is 7. The van der Waals surface area contributed by atoms with Crippen LogP contribution in [0.2, 0.25) is 0 Å². The topological polar surface area (TPSA) is 71.7 Å². The Morgan fingerprint density at radius 1 is 1.05 bits per heavy atom. The summed E-state index contributed by atoms with van der Waals surface area (Å²) in [6.45, 7) is 8.57. The monoisotopic (exact) mass is 556 g/mol. The third-order valence-electron chi connectivity index (χ3n) is 9.39. The molecule has 0 spiro atoms. The number of anilines is 1. The fraction of sp³-hybridized carbons (Fsp3) is 0.515. The molecule has 3 aliphatic heterocycles. The molecule has 1 aromatic carbocycles. The molecule has 2 bridgehead atoms. The van der Waals surface area contributed by atoms with Crippen LogP contribution in [0.3, 0.4) is 0 Å². The number of hydrogen-bond donors (Lipinski definition) is 1. The van der Waals surface area contributed by atoms with Gasteiger partial charge >= 0.3 is 0 Å². The van der Waals surface area contributed by atoms with Gasteiger partial charge in [0.05, 0.1) is 28.8 Å². The molecular formula is C33H40N4O2S. The minimum absolute atomic E-state index is 0.0375. The Morgan fingerprint density at radius 2 is 1.82 bits per heavy atom. The number of piperidine rings is 1. The van der Waals surface area contributed by atoms with Crippen molar-refractivity contribution >= 4 is 22.1 Å². The second-order valence-electron chi connectivity index (χ2n) is 13.0. The fourth-order valence-electron chi connectivity index (χ4n) is 7.55. The van der Waals surface area contributed by atoms with Gasteiger partial charge in [-0.3, -0.25) is 14.7 Å². The highest BCUT2D eigenvalue weighted by Gasteiger charge is 2.39. The normalized spacial score (nSPS) is 26.2. The van der Waals surface area contributed by atoms with Crippen LogP contribution in [-0.2, 0) is 17.7 Å². The van der Waals surface area contributed by atoms with Crippen LogP contribution in [0.25, 0.3) is 22.4 Å². The average Bonchev–Trinajstić information content (AvgIpc) is 3.43. The lowest BCUT2D eigenvalue weighted by Crippen LogP contribution is -2.46. The molecule has 4 aliphatic rings. The van der Waals surface area contributed by atoms with Gasteiger partial charge in [-0.25, -0.2) is 0 Å². The second-order valence-corrected chi connectivity index (χ2v) is 14.0. The predicted molar refractivity (Wildman–Crippen MR) is 162 cm³/mol. The van der Waals surface area contributed by atoms with Gasteiger partial charge in [-0.05, 0) is 72.4 Å². The quantitative estimate of drug-likeness (QED) is 0.421. The lowest BCUT2D eigenvalue weighted by atomic mass is 9.75. The molecule has 0 radical (unpaired) electrons. The van der Waals surface area contributed by atoms with Crippen molar-refractivity contribution in [1.29, 1.82) is 0 Å². The number of rotatable bonds is 5. The average molecular weight is 557 g/mol. The number of aromatic nitrogens is 1. The molecule has 2 N–H and O–H groups in total. The van der Waals surface area contributed by atoms with E-state index < -0.39 is 0 Å². The van der Waals surface area contributed by atoms with Crippen LogP contribution < -0.4 is 10.6 Å². The van der Waals surface area contributed by atoms with Crippen LogP contribution >= 0.6 is 11.3 Å². The highest BCUT2D eigenvalue weighted by atomic mass is 32.1. The van der Waals surface area contributed by atoms with Crippen molar-refractivity contribution in [3.05, 3.63) is 58.6 Å². The molecule has 3 atom stereocenters. The number of pyridine rings is 1. The van der Waals surface area contributed by atoms with Gasteiger partial charge in [0.25, 0.3) is 0 Å². The smallest absolute Gasteiger partial charge is 0.173 e. The fourth-order valence-corrected chi connectivity index (χ4v) is 8.88. The molecule has 2 aromatic heterocycles. The Labute approximate surface area is 241 Å². The van der Waals surface area contributed by atoms with Gasteiger partial charge in [0, 0.05) is 61.5 Å². The molecule has 210 valence electrons. The van der Waals surface area contributed by atoms with Gasteiger partial charge in [0.1, 0.15) is 0 Å². The second kappa shape index (κ2) is 10.4. The summed E-state index contributed by atoms with van der Waals surface area (Å²) in [6, 6.07) is 14.9.